The normalized spacial score (nSPS) is 19.1. The van der Waals surface area contributed by atoms with Gasteiger partial charge in [-0.05, 0) is 56.0 Å². The third-order valence-electron chi connectivity index (χ3n) is 6.09. The number of thiophene rings is 1. The number of nitriles is 1. The number of carbonyl (C=O) groups is 1. The van der Waals surface area contributed by atoms with E-state index in [0.717, 1.165) is 36.3 Å². The molecule has 0 saturated carbocycles. The number of allylic oxidation sites excluding steroid dienone is 3. The van der Waals surface area contributed by atoms with Gasteiger partial charge in [-0.15, -0.1) is 11.3 Å². The highest BCUT2D eigenvalue weighted by Gasteiger charge is 2.41. The summed E-state index contributed by atoms with van der Waals surface area (Å²) in [5.74, 6) is -0.582. The number of unbranched alkanes of at least 4 members (excludes halogenated alkanes) is 1. The molecule has 1 aromatic carbocycles. The molecule has 4 nitrogen and oxygen atoms in total. The van der Waals surface area contributed by atoms with Crippen LogP contribution in [0.25, 0.3) is 0 Å². The van der Waals surface area contributed by atoms with Crippen molar-refractivity contribution >= 4 is 22.8 Å². The Labute approximate surface area is 194 Å². The lowest BCUT2D eigenvalue weighted by molar-refractivity contribution is -0.137. The van der Waals surface area contributed by atoms with Crippen molar-refractivity contribution in [2.75, 3.05) is 4.90 Å². The summed E-state index contributed by atoms with van der Waals surface area (Å²) in [4.78, 5) is 16.6. The van der Waals surface area contributed by atoms with Crippen LogP contribution in [0.1, 0.15) is 60.3 Å². The second-order valence-electron chi connectivity index (χ2n) is 8.27. The molecule has 4 rings (SSSR count). The van der Waals surface area contributed by atoms with Gasteiger partial charge in [-0.25, -0.2) is 0 Å². The average molecular weight is 472 g/mol. The molecule has 1 aliphatic carbocycles. The highest BCUT2D eigenvalue weighted by Crippen LogP contribution is 2.48. The number of nitrogens with two attached hydrogens (primary N) is 1. The Morgan fingerprint density at radius 2 is 2.03 bits per heavy atom. The monoisotopic (exact) mass is 471 g/mol. The lowest BCUT2D eigenvalue weighted by Crippen LogP contribution is -2.38. The highest BCUT2D eigenvalue weighted by atomic mass is 32.1. The van der Waals surface area contributed by atoms with Crippen LogP contribution in [0.2, 0.25) is 0 Å². The van der Waals surface area contributed by atoms with Crippen molar-refractivity contribution in [3.63, 3.8) is 0 Å². The first kappa shape index (κ1) is 23.1. The third kappa shape index (κ3) is 4.30. The number of carbonyl (C=O) groups excluding carboxylic acids is 1. The van der Waals surface area contributed by atoms with Crippen molar-refractivity contribution in [3.05, 3.63) is 74.4 Å². The third-order valence-corrected chi connectivity index (χ3v) is 7.30. The highest BCUT2D eigenvalue weighted by molar-refractivity contribution is 7.12. The van der Waals surface area contributed by atoms with Crippen molar-refractivity contribution in [1.82, 2.24) is 0 Å². The van der Waals surface area contributed by atoms with E-state index >= 15 is 0 Å². The largest absolute Gasteiger partial charge is 0.416 e. The Hall–Kier alpha value is -3.05. The van der Waals surface area contributed by atoms with Gasteiger partial charge in [-0.2, -0.15) is 18.4 Å². The maximum Gasteiger partial charge on any atom is 0.416 e. The Morgan fingerprint density at radius 1 is 1.24 bits per heavy atom. The molecule has 172 valence electrons. The topological polar surface area (TPSA) is 70.1 Å². The van der Waals surface area contributed by atoms with Crippen LogP contribution in [0.3, 0.4) is 0 Å². The molecule has 0 bridgehead atoms. The minimum absolute atomic E-state index is 0.0815. The summed E-state index contributed by atoms with van der Waals surface area (Å²) in [7, 11) is 0. The molecular weight excluding hydrogens is 447 g/mol. The molecule has 0 saturated heterocycles. The van der Waals surface area contributed by atoms with Gasteiger partial charge in [-0.3, -0.25) is 9.69 Å². The molecule has 1 atom stereocenters. The van der Waals surface area contributed by atoms with E-state index < -0.39 is 17.7 Å². The predicted octanol–water partition coefficient (Wildman–Crippen LogP) is 6.41. The summed E-state index contributed by atoms with van der Waals surface area (Å²) in [6.45, 7) is 2.12. The standard InChI is InChI=1S/C25H24F3N3OS/c1-2-3-8-17-11-12-21(33-17)22-18(14-29)24(30)31(19-9-5-10-20(32)23(19)22)16-7-4-6-15(13-16)25(26,27)28/h4,6-7,11-13,22H,2-3,5,8-10,30H2,1H3. The molecule has 33 heavy (non-hydrogen) atoms. The zero-order valence-electron chi connectivity index (χ0n) is 18.2. The van der Waals surface area contributed by atoms with Crippen LogP contribution in [-0.2, 0) is 17.4 Å². The van der Waals surface area contributed by atoms with Crippen LogP contribution in [0.5, 0.6) is 0 Å². The van der Waals surface area contributed by atoms with Gasteiger partial charge in [0.25, 0.3) is 0 Å². The fraction of sp³-hybridized carbons (Fsp3) is 0.360. The number of rotatable bonds is 5. The summed E-state index contributed by atoms with van der Waals surface area (Å²) in [5, 5.41) is 10.0. The second kappa shape index (κ2) is 9.06. The number of nitrogens with zero attached hydrogens (tertiary/aromatic N) is 2. The molecule has 0 spiro atoms. The summed E-state index contributed by atoms with van der Waals surface area (Å²) in [5.41, 5.74) is 7.12. The Kier molecular flexibility index (Phi) is 6.35. The molecule has 0 amide bonds. The van der Waals surface area contributed by atoms with E-state index in [9.17, 15) is 23.2 Å². The SMILES string of the molecule is CCCCc1ccc(C2C(C#N)=C(N)N(c3cccc(C(F)(F)F)c3)C3=C2C(=O)CCC3)s1. The van der Waals surface area contributed by atoms with Gasteiger partial charge in [0, 0.05) is 33.1 Å². The maximum absolute atomic E-state index is 13.4. The summed E-state index contributed by atoms with van der Waals surface area (Å²) in [6.07, 6.45) is -0.0565. The van der Waals surface area contributed by atoms with Crippen molar-refractivity contribution < 1.29 is 18.0 Å². The summed E-state index contributed by atoms with van der Waals surface area (Å²) < 4.78 is 40.1. The fourth-order valence-corrected chi connectivity index (χ4v) is 5.70. The van der Waals surface area contributed by atoms with Gasteiger partial charge >= 0.3 is 6.18 Å². The van der Waals surface area contributed by atoms with Crippen LogP contribution < -0.4 is 10.6 Å². The zero-order chi connectivity index (χ0) is 23.8. The van der Waals surface area contributed by atoms with Gasteiger partial charge in [0.2, 0.25) is 0 Å². The molecule has 0 fully saturated rings. The van der Waals surface area contributed by atoms with E-state index in [1.807, 2.05) is 12.1 Å². The molecule has 1 unspecified atom stereocenters. The molecule has 1 aromatic heterocycles. The summed E-state index contributed by atoms with van der Waals surface area (Å²) in [6, 6.07) is 11.0. The summed E-state index contributed by atoms with van der Waals surface area (Å²) >= 11 is 1.57. The molecular formula is C25H24F3N3OS. The van der Waals surface area contributed by atoms with Crippen LogP contribution in [0, 0.1) is 11.3 Å². The Morgan fingerprint density at radius 3 is 2.73 bits per heavy atom. The molecule has 2 aliphatic rings. The van der Waals surface area contributed by atoms with Gasteiger partial charge in [0.1, 0.15) is 5.82 Å². The van der Waals surface area contributed by atoms with E-state index in [-0.39, 0.29) is 22.9 Å². The van der Waals surface area contributed by atoms with Crippen LogP contribution in [0.15, 0.2) is 59.1 Å². The Bertz CT molecular complexity index is 1190. The molecule has 0 radical (unpaired) electrons. The lowest BCUT2D eigenvalue weighted by Gasteiger charge is -2.39. The van der Waals surface area contributed by atoms with E-state index in [1.54, 1.807) is 11.3 Å². The molecule has 2 heterocycles. The van der Waals surface area contributed by atoms with Crippen LogP contribution in [0.4, 0.5) is 18.9 Å². The van der Waals surface area contributed by atoms with Crippen molar-refractivity contribution in [2.24, 2.45) is 5.73 Å². The number of Topliss-reactive ketones (excluding diaryl/α,β-unsaturated/α-hetero) is 1. The number of aryl methyl sites for hydroxylation is 1. The van der Waals surface area contributed by atoms with E-state index in [4.69, 9.17) is 5.73 Å². The van der Waals surface area contributed by atoms with Gasteiger partial charge in [0.15, 0.2) is 5.78 Å². The molecule has 8 heteroatoms. The quantitative estimate of drug-likeness (QED) is 0.547. The van der Waals surface area contributed by atoms with Crippen molar-refractivity contribution in [3.8, 4) is 6.07 Å². The number of halogens is 3. The van der Waals surface area contributed by atoms with Gasteiger partial charge in [0.05, 0.1) is 23.1 Å². The first-order chi connectivity index (χ1) is 15.8. The van der Waals surface area contributed by atoms with E-state index in [0.29, 0.717) is 30.5 Å². The zero-order valence-corrected chi connectivity index (χ0v) is 19.0. The van der Waals surface area contributed by atoms with E-state index in [2.05, 4.69) is 13.0 Å². The smallest absolute Gasteiger partial charge is 0.384 e. The number of benzene rings is 1. The lowest BCUT2D eigenvalue weighted by atomic mass is 9.78. The van der Waals surface area contributed by atoms with Gasteiger partial charge in [-0.1, -0.05) is 19.4 Å². The molecule has 2 aromatic rings. The van der Waals surface area contributed by atoms with Crippen LogP contribution in [-0.4, -0.2) is 5.78 Å². The minimum Gasteiger partial charge on any atom is -0.384 e. The number of ketones is 1. The number of anilines is 1. The van der Waals surface area contributed by atoms with E-state index in [1.165, 1.54) is 21.9 Å². The van der Waals surface area contributed by atoms with Gasteiger partial charge < -0.3 is 5.73 Å². The number of hydrogen-bond donors (Lipinski definition) is 1. The maximum atomic E-state index is 13.4. The number of alkyl halides is 3. The van der Waals surface area contributed by atoms with Crippen LogP contribution >= 0.6 is 11.3 Å². The minimum atomic E-state index is -4.52. The molecule has 2 N–H and O–H groups in total. The second-order valence-corrected chi connectivity index (χ2v) is 9.47. The predicted molar refractivity (Wildman–Crippen MR) is 122 cm³/mol. The Balaban J connectivity index is 1.87. The fourth-order valence-electron chi connectivity index (χ4n) is 4.52. The molecule has 1 aliphatic heterocycles. The average Bonchev–Trinajstić information content (AvgIpc) is 3.25. The van der Waals surface area contributed by atoms with Crippen molar-refractivity contribution in [2.45, 2.75) is 57.5 Å². The number of hydrogen-bond acceptors (Lipinski definition) is 5. The first-order valence-corrected chi connectivity index (χ1v) is 11.8. The first-order valence-electron chi connectivity index (χ1n) is 11.0. The van der Waals surface area contributed by atoms with Crippen molar-refractivity contribution in [1.29, 1.82) is 5.26 Å².